The van der Waals surface area contributed by atoms with E-state index < -0.39 is 12.1 Å². The van der Waals surface area contributed by atoms with Crippen LogP contribution in [0.25, 0.3) is 0 Å². The average molecular weight is 438 g/mol. The van der Waals surface area contributed by atoms with E-state index in [1.807, 2.05) is 0 Å². The number of ether oxygens (including phenoxy) is 2. The molecule has 1 rings (SSSR count). The van der Waals surface area contributed by atoms with E-state index in [0.717, 1.165) is 38.5 Å². The zero-order valence-corrected chi connectivity index (χ0v) is 20.0. The fourth-order valence-corrected chi connectivity index (χ4v) is 4.27. The fourth-order valence-electron chi connectivity index (χ4n) is 4.27. The lowest BCUT2D eigenvalue weighted by atomic mass is 9.84. The molecule has 0 aliphatic heterocycles. The summed E-state index contributed by atoms with van der Waals surface area (Å²) in [5.41, 5.74) is 0. The zero-order valence-electron chi connectivity index (χ0n) is 20.0. The van der Waals surface area contributed by atoms with Crippen LogP contribution < -0.4 is 5.32 Å². The largest absolute Gasteiger partial charge is 0.464 e. The molecule has 1 aliphatic rings. The molecule has 1 saturated carbocycles. The van der Waals surface area contributed by atoms with Gasteiger partial charge in [0.15, 0.2) is 0 Å². The second kappa shape index (κ2) is 19.2. The molecule has 0 radical (unpaired) electrons. The minimum absolute atomic E-state index is 0.144. The Morgan fingerprint density at radius 1 is 0.871 bits per heavy atom. The summed E-state index contributed by atoms with van der Waals surface area (Å²) in [7, 11) is 0. The van der Waals surface area contributed by atoms with Crippen LogP contribution in [0.3, 0.4) is 0 Å². The number of carbonyl (C=O) groups is 2. The molecular weight excluding hydrogens is 390 g/mol. The Labute approximate surface area is 190 Å². The van der Waals surface area contributed by atoms with E-state index >= 15 is 0 Å². The van der Waals surface area contributed by atoms with E-state index in [4.69, 9.17) is 9.47 Å². The van der Waals surface area contributed by atoms with Gasteiger partial charge in [-0.1, -0.05) is 96.5 Å². The van der Waals surface area contributed by atoms with Gasteiger partial charge in [-0.05, 0) is 31.6 Å². The number of rotatable bonds is 18. The molecule has 0 saturated heterocycles. The normalized spacial score (nSPS) is 15.3. The van der Waals surface area contributed by atoms with Crippen LogP contribution in [-0.4, -0.2) is 31.3 Å². The van der Waals surface area contributed by atoms with Crippen LogP contribution in [0, 0.1) is 5.92 Å². The van der Waals surface area contributed by atoms with Gasteiger partial charge in [-0.2, -0.15) is 0 Å². The number of hydrogen-bond acceptors (Lipinski definition) is 4. The van der Waals surface area contributed by atoms with Crippen molar-refractivity contribution in [2.24, 2.45) is 5.92 Å². The molecule has 1 aliphatic carbocycles. The molecule has 0 aromatic heterocycles. The predicted molar refractivity (Wildman–Crippen MR) is 127 cm³/mol. The Balaban J connectivity index is 2.20. The van der Waals surface area contributed by atoms with E-state index in [-0.39, 0.29) is 18.5 Å². The van der Waals surface area contributed by atoms with Gasteiger partial charge in [0.2, 0.25) is 0 Å². The molecule has 5 heteroatoms. The van der Waals surface area contributed by atoms with Crippen molar-refractivity contribution in [3.63, 3.8) is 0 Å². The summed E-state index contributed by atoms with van der Waals surface area (Å²) in [5, 5.41) is 2.77. The fraction of sp³-hybridized carbons (Fsp3) is 0.846. The highest BCUT2D eigenvalue weighted by molar-refractivity contribution is 5.81. The predicted octanol–water partition coefficient (Wildman–Crippen LogP) is 7.09. The minimum Gasteiger partial charge on any atom is -0.464 e. The SMILES string of the molecule is C=CCCOC(=O)NC(C(=O)OCCCCCCCCCCCCC)C1CCCCC1. The Kier molecular flexibility index (Phi) is 17.0. The molecule has 1 fully saturated rings. The number of alkyl carbamates (subject to hydrolysis) is 1. The molecule has 1 N–H and O–H groups in total. The minimum atomic E-state index is -0.593. The monoisotopic (exact) mass is 437 g/mol. The first-order valence-corrected chi connectivity index (χ1v) is 12.9. The van der Waals surface area contributed by atoms with Gasteiger partial charge in [0, 0.05) is 0 Å². The van der Waals surface area contributed by atoms with E-state index in [1.54, 1.807) is 6.08 Å². The Morgan fingerprint density at radius 3 is 2.03 bits per heavy atom. The first-order valence-electron chi connectivity index (χ1n) is 12.9. The Morgan fingerprint density at radius 2 is 1.45 bits per heavy atom. The molecule has 1 unspecified atom stereocenters. The van der Waals surface area contributed by atoms with Crippen LogP contribution in [-0.2, 0) is 14.3 Å². The first-order chi connectivity index (χ1) is 15.2. The van der Waals surface area contributed by atoms with Crippen LogP contribution in [0.5, 0.6) is 0 Å². The molecule has 31 heavy (non-hydrogen) atoms. The van der Waals surface area contributed by atoms with E-state index in [2.05, 4.69) is 18.8 Å². The summed E-state index contributed by atoms with van der Waals surface area (Å²) in [6.45, 7) is 6.59. The number of nitrogens with one attached hydrogen (secondary N) is 1. The van der Waals surface area contributed by atoms with Gasteiger partial charge in [-0.25, -0.2) is 9.59 Å². The molecule has 0 bridgehead atoms. The Bertz CT molecular complexity index is 474. The standard InChI is InChI=1S/C26H47NO4/c1-3-5-7-8-9-10-11-12-13-14-18-22-30-25(28)24(23-19-16-15-17-20-23)27-26(29)31-21-6-4-2/h4,23-24H,2-3,5-22H2,1H3,(H,27,29). The lowest BCUT2D eigenvalue weighted by Gasteiger charge is -2.29. The van der Waals surface area contributed by atoms with Crippen LogP contribution in [0.4, 0.5) is 4.79 Å². The summed E-state index contributed by atoms with van der Waals surface area (Å²) in [6, 6.07) is -0.593. The number of hydrogen-bond donors (Lipinski definition) is 1. The lowest BCUT2D eigenvalue weighted by Crippen LogP contribution is -2.47. The van der Waals surface area contributed by atoms with Gasteiger partial charge in [0.05, 0.1) is 13.2 Å². The summed E-state index contributed by atoms with van der Waals surface area (Å²) in [6.07, 6.45) is 21.0. The van der Waals surface area contributed by atoms with E-state index in [0.29, 0.717) is 13.0 Å². The molecular formula is C26H47NO4. The number of carbonyl (C=O) groups excluding carboxylic acids is 2. The summed E-state index contributed by atoms with van der Waals surface area (Å²) in [5.74, 6) is -0.162. The maximum Gasteiger partial charge on any atom is 0.407 e. The van der Waals surface area contributed by atoms with Crippen molar-refractivity contribution in [2.45, 2.75) is 122 Å². The lowest BCUT2D eigenvalue weighted by molar-refractivity contribution is -0.148. The van der Waals surface area contributed by atoms with Gasteiger partial charge in [-0.15, -0.1) is 6.58 Å². The first kappa shape index (κ1) is 27.5. The second-order valence-electron chi connectivity index (χ2n) is 8.94. The Hall–Kier alpha value is -1.52. The van der Waals surface area contributed by atoms with Crippen molar-refractivity contribution in [3.8, 4) is 0 Å². The third-order valence-corrected chi connectivity index (χ3v) is 6.20. The maximum atomic E-state index is 12.7. The van der Waals surface area contributed by atoms with Crippen LogP contribution >= 0.6 is 0 Å². The maximum absolute atomic E-state index is 12.7. The van der Waals surface area contributed by atoms with Crippen molar-refractivity contribution in [3.05, 3.63) is 12.7 Å². The molecule has 0 heterocycles. The topological polar surface area (TPSA) is 64.6 Å². The summed E-state index contributed by atoms with van der Waals surface area (Å²) >= 11 is 0. The highest BCUT2D eigenvalue weighted by Crippen LogP contribution is 2.27. The number of unbranched alkanes of at least 4 members (excludes halogenated alkanes) is 10. The van der Waals surface area contributed by atoms with Crippen LogP contribution in [0.15, 0.2) is 12.7 Å². The number of amides is 1. The van der Waals surface area contributed by atoms with Gasteiger partial charge in [-0.3, -0.25) is 0 Å². The van der Waals surface area contributed by atoms with Crippen molar-refractivity contribution >= 4 is 12.1 Å². The van der Waals surface area contributed by atoms with Crippen LogP contribution in [0.1, 0.15) is 116 Å². The van der Waals surface area contributed by atoms with Gasteiger partial charge >= 0.3 is 12.1 Å². The van der Waals surface area contributed by atoms with Crippen molar-refractivity contribution in [1.29, 1.82) is 0 Å². The molecule has 0 aromatic carbocycles. The van der Waals surface area contributed by atoms with Crippen molar-refractivity contribution < 1.29 is 19.1 Å². The van der Waals surface area contributed by atoms with Crippen LogP contribution in [0.2, 0.25) is 0 Å². The quantitative estimate of drug-likeness (QED) is 0.141. The summed E-state index contributed by atoms with van der Waals surface area (Å²) in [4.78, 5) is 24.8. The van der Waals surface area contributed by atoms with E-state index in [9.17, 15) is 9.59 Å². The molecule has 180 valence electrons. The highest BCUT2D eigenvalue weighted by Gasteiger charge is 2.32. The van der Waals surface area contributed by atoms with Crippen molar-refractivity contribution in [1.82, 2.24) is 5.32 Å². The average Bonchev–Trinajstić information content (AvgIpc) is 2.79. The molecule has 0 spiro atoms. The number of esters is 1. The molecule has 1 amide bonds. The molecule has 1 atom stereocenters. The zero-order chi connectivity index (χ0) is 22.6. The second-order valence-corrected chi connectivity index (χ2v) is 8.94. The molecule has 0 aromatic rings. The highest BCUT2D eigenvalue weighted by atomic mass is 16.6. The van der Waals surface area contributed by atoms with Crippen molar-refractivity contribution in [2.75, 3.05) is 13.2 Å². The third kappa shape index (κ3) is 14.2. The summed E-state index contributed by atoms with van der Waals surface area (Å²) < 4.78 is 10.7. The van der Waals surface area contributed by atoms with Gasteiger partial charge < -0.3 is 14.8 Å². The van der Waals surface area contributed by atoms with Gasteiger partial charge in [0.25, 0.3) is 0 Å². The molecule has 5 nitrogen and oxygen atoms in total. The smallest absolute Gasteiger partial charge is 0.407 e. The van der Waals surface area contributed by atoms with Gasteiger partial charge in [0.1, 0.15) is 6.04 Å². The van der Waals surface area contributed by atoms with E-state index in [1.165, 1.54) is 64.2 Å². The third-order valence-electron chi connectivity index (χ3n) is 6.20.